The molecule has 0 saturated heterocycles. The number of rotatable bonds is 6. The van der Waals surface area contributed by atoms with Gasteiger partial charge in [-0.25, -0.2) is 0 Å². The molecule has 2 heteroatoms. The van der Waals surface area contributed by atoms with Crippen molar-refractivity contribution in [1.29, 1.82) is 0 Å². The van der Waals surface area contributed by atoms with Crippen LogP contribution in [0.2, 0.25) is 0 Å². The molecular formula is C14H18ClN. The van der Waals surface area contributed by atoms with Gasteiger partial charge in [-0.1, -0.05) is 36.9 Å². The third-order valence-corrected chi connectivity index (χ3v) is 2.92. The Kier molecular flexibility index (Phi) is 5.95. The summed E-state index contributed by atoms with van der Waals surface area (Å²) in [5, 5.41) is 0. The quantitative estimate of drug-likeness (QED) is 0.591. The molecule has 0 amide bonds. The van der Waals surface area contributed by atoms with E-state index in [0.717, 1.165) is 18.4 Å². The largest absolute Gasteiger partial charge is 0.323 e. The average Bonchev–Trinajstić information content (AvgIpc) is 2.35. The van der Waals surface area contributed by atoms with Crippen LogP contribution in [-0.4, -0.2) is 5.88 Å². The Morgan fingerprint density at radius 1 is 1.38 bits per heavy atom. The predicted molar refractivity (Wildman–Crippen MR) is 70.5 cm³/mol. The van der Waals surface area contributed by atoms with Crippen molar-refractivity contribution in [2.24, 2.45) is 11.7 Å². The number of hydrogen-bond acceptors (Lipinski definition) is 1. The zero-order chi connectivity index (χ0) is 11.8. The molecule has 0 unspecified atom stereocenters. The van der Waals surface area contributed by atoms with Crippen molar-refractivity contribution in [3.63, 3.8) is 0 Å². The van der Waals surface area contributed by atoms with Gasteiger partial charge in [0, 0.05) is 17.8 Å². The van der Waals surface area contributed by atoms with Gasteiger partial charge in [0.15, 0.2) is 0 Å². The van der Waals surface area contributed by atoms with Gasteiger partial charge in [-0.2, -0.15) is 0 Å². The highest BCUT2D eigenvalue weighted by molar-refractivity contribution is 6.17. The molecule has 0 saturated carbocycles. The SMILES string of the molecule is C=C=C[C@@H](CCCCl)[C@@H](N)c1ccccc1. The first-order valence-electron chi connectivity index (χ1n) is 5.52. The molecule has 86 valence electrons. The van der Waals surface area contributed by atoms with Crippen LogP contribution in [0.3, 0.4) is 0 Å². The number of alkyl halides is 1. The van der Waals surface area contributed by atoms with E-state index in [1.807, 2.05) is 24.3 Å². The second-order valence-electron chi connectivity index (χ2n) is 3.80. The lowest BCUT2D eigenvalue weighted by molar-refractivity contribution is 0.482. The molecule has 1 aromatic carbocycles. The van der Waals surface area contributed by atoms with Crippen molar-refractivity contribution in [3.05, 3.63) is 54.3 Å². The van der Waals surface area contributed by atoms with E-state index in [1.165, 1.54) is 0 Å². The highest BCUT2D eigenvalue weighted by atomic mass is 35.5. The van der Waals surface area contributed by atoms with Gasteiger partial charge in [0.1, 0.15) is 0 Å². The molecule has 0 aliphatic rings. The lowest BCUT2D eigenvalue weighted by Gasteiger charge is -2.20. The van der Waals surface area contributed by atoms with Gasteiger partial charge in [-0.05, 0) is 24.5 Å². The molecular weight excluding hydrogens is 218 g/mol. The summed E-state index contributed by atoms with van der Waals surface area (Å²) in [6.07, 6.45) is 3.89. The van der Waals surface area contributed by atoms with Crippen LogP contribution >= 0.6 is 11.6 Å². The second kappa shape index (κ2) is 7.29. The number of nitrogens with two attached hydrogens (primary N) is 1. The van der Waals surface area contributed by atoms with Crippen molar-refractivity contribution >= 4 is 11.6 Å². The minimum Gasteiger partial charge on any atom is -0.323 e. The highest BCUT2D eigenvalue weighted by Gasteiger charge is 2.16. The first-order chi connectivity index (χ1) is 7.79. The lowest BCUT2D eigenvalue weighted by atomic mass is 9.90. The van der Waals surface area contributed by atoms with Gasteiger partial charge in [-0.3, -0.25) is 0 Å². The molecule has 0 aromatic heterocycles. The van der Waals surface area contributed by atoms with Crippen molar-refractivity contribution in [2.75, 3.05) is 5.88 Å². The van der Waals surface area contributed by atoms with Crippen LogP contribution in [0.15, 0.2) is 48.7 Å². The van der Waals surface area contributed by atoms with E-state index in [0.29, 0.717) is 5.88 Å². The average molecular weight is 236 g/mol. The number of hydrogen-bond donors (Lipinski definition) is 1. The standard InChI is InChI=1S/C14H18ClN/c1-2-7-12(10-6-11-15)14(16)13-8-4-3-5-9-13/h3-5,7-9,12,14H,1,6,10-11,16H2/t12-,14+/m0/s1. The molecule has 0 fully saturated rings. The topological polar surface area (TPSA) is 26.0 Å². The number of halogens is 1. The fraction of sp³-hybridized carbons (Fsp3) is 0.357. The van der Waals surface area contributed by atoms with Crippen LogP contribution in [0.1, 0.15) is 24.4 Å². The van der Waals surface area contributed by atoms with E-state index < -0.39 is 0 Å². The molecule has 0 heterocycles. The van der Waals surface area contributed by atoms with Crippen LogP contribution in [0, 0.1) is 5.92 Å². The van der Waals surface area contributed by atoms with Gasteiger partial charge in [0.25, 0.3) is 0 Å². The normalized spacial score (nSPS) is 13.9. The molecule has 2 N–H and O–H groups in total. The Hall–Kier alpha value is -1.01. The minimum atomic E-state index is -0.00123. The third kappa shape index (κ3) is 3.86. The van der Waals surface area contributed by atoms with Crippen molar-refractivity contribution in [2.45, 2.75) is 18.9 Å². The fourth-order valence-corrected chi connectivity index (χ4v) is 1.91. The Morgan fingerprint density at radius 3 is 2.62 bits per heavy atom. The molecule has 1 nitrogen and oxygen atoms in total. The number of benzene rings is 1. The van der Waals surface area contributed by atoms with Gasteiger partial charge >= 0.3 is 0 Å². The summed E-state index contributed by atoms with van der Waals surface area (Å²) in [5.41, 5.74) is 10.2. The second-order valence-corrected chi connectivity index (χ2v) is 4.18. The van der Waals surface area contributed by atoms with E-state index in [1.54, 1.807) is 0 Å². The summed E-state index contributed by atoms with van der Waals surface area (Å²) in [6.45, 7) is 3.62. The zero-order valence-electron chi connectivity index (χ0n) is 9.40. The first kappa shape index (κ1) is 13.1. The maximum atomic E-state index is 6.22. The monoisotopic (exact) mass is 235 g/mol. The summed E-state index contributed by atoms with van der Waals surface area (Å²) in [6, 6.07) is 10.1. The zero-order valence-corrected chi connectivity index (χ0v) is 10.2. The Labute approximate surface area is 103 Å². The molecule has 0 radical (unpaired) electrons. The molecule has 0 spiro atoms. The van der Waals surface area contributed by atoms with E-state index in [4.69, 9.17) is 17.3 Å². The molecule has 0 aliphatic carbocycles. The van der Waals surface area contributed by atoms with Crippen LogP contribution in [0.4, 0.5) is 0 Å². The van der Waals surface area contributed by atoms with Gasteiger partial charge in [0.05, 0.1) is 0 Å². The molecule has 16 heavy (non-hydrogen) atoms. The summed E-state index contributed by atoms with van der Waals surface area (Å²) >= 11 is 5.71. The lowest BCUT2D eigenvalue weighted by Crippen LogP contribution is -2.20. The minimum absolute atomic E-state index is 0.00123. The van der Waals surface area contributed by atoms with Crippen LogP contribution in [-0.2, 0) is 0 Å². The van der Waals surface area contributed by atoms with Crippen molar-refractivity contribution < 1.29 is 0 Å². The van der Waals surface area contributed by atoms with Crippen molar-refractivity contribution in [3.8, 4) is 0 Å². The van der Waals surface area contributed by atoms with Gasteiger partial charge in [-0.15, -0.1) is 17.3 Å². The first-order valence-corrected chi connectivity index (χ1v) is 6.05. The predicted octanol–water partition coefficient (Wildman–Crippen LogP) is 3.66. The van der Waals surface area contributed by atoms with E-state index in [2.05, 4.69) is 24.4 Å². The summed E-state index contributed by atoms with van der Waals surface area (Å²) < 4.78 is 0. The van der Waals surface area contributed by atoms with Gasteiger partial charge < -0.3 is 5.73 Å². The third-order valence-electron chi connectivity index (χ3n) is 2.65. The van der Waals surface area contributed by atoms with E-state index in [9.17, 15) is 0 Å². The Balaban J connectivity index is 2.74. The van der Waals surface area contributed by atoms with Crippen LogP contribution in [0.25, 0.3) is 0 Å². The van der Waals surface area contributed by atoms with E-state index in [-0.39, 0.29) is 12.0 Å². The molecule has 1 rings (SSSR count). The molecule has 1 aromatic rings. The smallest absolute Gasteiger partial charge is 0.0364 e. The van der Waals surface area contributed by atoms with E-state index >= 15 is 0 Å². The Bertz CT molecular complexity index is 341. The fourth-order valence-electron chi connectivity index (χ4n) is 1.75. The summed E-state index contributed by atoms with van der Waals surface area (Å²) in [7, 11) is 0. The molecule has 0 aliphatic heterocycles. The highest BCUT2D eigenvalue weighted by Crippen LogP contribution is 2.24. The van der Waals surface area contributed by atoms with Crippen molar-refractivity contribution in [1.82, 2.24) is 0 Å². The molecule has 2 atom stereocenters. The maximum absolute atomic E-state index is 6.22. The van der Waals surface area contributed by atoms with Gasteiger partial charge in [0.2, 0.25) is 0 Å². The van der Waals surface area contributed by atoms with Crippen LogP contribution in [0.5, 0.6) is 0 Å². The summed E-state index contributed by atoms with van der Waals surface area (Å²) in [4.78, 5) is 0. The van der Waals surface area contributed by atoms with Crippen LogP contribution < -0.4 is 5.73 Å². The maximum Gasteiger partial charge on any atom is 0.0364 e. The molecule has 0 bridgehead atoms. The Morgan fingerprint density at radius 2 is 2.06 bits per heavy atom. The summed E-state index contributed by atoms with van der Waals surface area (Å²) in [5.74, 6) is 0.932.